The van der Waals surface area contributed by atoms with Crippen molar-refractivity contribution in [3.63, 3.8) is 0 Å². The summed E-state index contributed by atoms with van der Waals surface area (Å²) in [6, 6.07) is 14.8. The molecule has 0 bridgehead atoms. The first-order valence-corrected chi connectivity index (χ1v) is 12.0. The van der Waals surface area contributed by atoms with Crippen molar-refractivity contribution in [1.82, 2.24) is 9.88 Å². The summed E-state index contributed by atoms with van der Waals surface area (Å²) in [5.74, 6) is 0.00981. The highest BCUT2D eigenvalue weighted by Gasteiger charge is 2.22. The fourth-order valence-corrected chi connectivity index (χ4v) is 4.99. The van der Waals surface area contributed by atoms with Gasteiger partial charge in [0.1, 0.15) is 0 Å². The molecule has 3 aromatic rings. The van der Waals surface area contributed by atoms with Crippen LogP contribution in [-0.4, -0.2) is 56.6 Å². The van der Waals surface area contributed by atoms with E-state index in [1.54, 1.807) is 24.3 Å². The van der Waals surface area contributed by atoms with Crippen molar-refractivity contribution in [2.75, 3.05) is 37.3 Å². The van der Waals surface area contributed by atoms with Gasteiger partial charge in [0, 0.05) is 38.5 Å². The largest absolute Gasteiger partial charge is 0.345 e. The molecule has 6 nitrogen and oxygen atoms in total. The van der Waals surface area contributed by atoms with Crippen LogP contribution in [0.15, 0.2) is 59.5 Å². The Bertz CT molecular complexity index is 1160. The number of benzene rings is 2. The van der Waals surface area contributed by atoms with Crippen LogP contribution in [0.2, 0.25) is 0 Å². The Balaban J connectivity index is 1.41. The lowest BCUT2D eigenvalue weighted by atomic mass is 10.2. The SMILES string of the molecule is CS(=O)(=O)c1ccc2nc(N3CCN(C(=O)C=Cc4ccccc4)CC3)sc2c1. The van der Waals surface area contributed by atoms with Crippen molar-refractivity contribution in [3.05, 3.63) is 60.2 Å². The van der Waals surface area contributed by atoms with Gasteiger partial charge in [0.05, 0.1) is 15.1 Å². The number of hydrogen-bond acceptors (Lipinski definition) is 6. The third kappa shape index (κ3) is 4.49. The highest BCUT2D eigenvalue weighted by Crippen LogP contribution is 2.31. The van der Waals surface area contributed by atoms with E-state index in [9.17, 15) is 13.2 Å². The Morgan fingerprint density at radius 2 is 1.79 bits per heavy atom. The minimum Gasteiger partial charge on any atom is -0.345 e. The number of thiazole rings is 1. The summed E-state index contributed by atoms with van der Waals surface area (Å²) in [4.78, 5) is 21.4. The number of carbonyl (C=O) groups is 1. The number of aromatic nitrogens is 1. The number of nitrogens with zero attached hydrogens (tertiary/aromatic N) is 3. The quantitative estimate of drug-likeness (QED) is 0.599. The monoisotopic (exact) mass is 427 g/mol. The number of sulfone groups is 1. The number of rotatable bonds is 4. The lowest BCUT2D eigenvalue weighted by Gasteiger charge is -2.34. The van der Waals surface area contributed by atoms with Gasteiger partial charge in [-0.2, -0.15) is 0 Å². The van der Waals surface area contributed by atoms with Gasteiger partial charge >= 0.3 is 0 Å². The van der Waals surface area contributed by atoms with Gasteiger partial charge in [-0.1, -0.05) is 41.7 Å². The van der Waals surface area contributed by atoms with E-state index in [1.807, 2.05) is 41.3 Å². The smallest absolute Gasteiger partial charge is 0.246 e. The maximum atomic E-state index is 12.4. The van der Waals surface area contributed by atoms with Crippen LogP contribution in [0.1, 0.15) is 5.56 Å². The lowest BCUT2D eigenvalue weighted by Crippen LogP contribution is -2.48. The van der Waals surface area contributed by atoms with Crippen molar-refractivity contribution in [1.29, 1.82) is 0 Å². The van der Waals surface area contributed by atoms with E-state index in [-0.39, 0.29) is 5.91 Å². The molecule has 1 aromatic heterocycles. The molecule has 4 rings (SSSR count). The molecule has 0 N–H and O–H groups in total. The average molecular weight is 428 g/mol. The molecule has 0 spiro atoms. The number of piperazine rings is 1. The molecular formula is C21H21N3O3S2. The molecule has 1 fully saturated rings. The summed E-state index contributed by atoms with van der Waals surface area (Å²) in [5, 5.41) is 0.859. The molecule has 1 saturated heterocycles. The molecule has 8 heteroatoms. The van der Waals surface area contributed by atoms with Crippen LogP contribution in [-0.2, 0) is 14.6 Å². The molecule has 29 heavy (non-hydrogen) atoms. The number of anilines is 1. The minimum atomic E-state index is -3.24. The highest BCUT2D eigenvalue weighted by atomic mass is 32.2. The standard InChI is InChI=1S/C21H21N3O3S2/c1-29(26,27)17-8-9-18-19(15-17)28-21(22-18)24-13-11-23(12-14-24)20(25)10-7-16-5-3-2-4-6-16/h2-10,15H,11-14H2,1H3. The van der Waals surface area contributed by atoms with Gasteiger partial charge in [-0.15, -0.1) is 0 Å². The first-order chi connectivity index (χ1) is 13.9. The molecule has 2 heterocycles. The second-order valence-electron chi connectivity index (χ2n) is 6.95. The highest BCUT2D eigenvalue weighted by molar-refractivity contribution is 7.90. The number of carbonyl (C=O) groups excluding carboxylic acids is 1. The van der Waals surface area contributed by atoms with E-state index in [0.717, 1.165) is 20.9 Å². The predicted octanol–water partition coefficient (Wildman–Crippen LogP) is 3.06. The summed E-state index contributed by atoms with van der Waals surface area (Å²) in [6.07, 6.45) is 4.66. The second-order valence-corrected chi connectivity index (χ2v) is 9.98. The maximum absolute atomic E-state index is 12.4. The number of hydrogen-bond donors (Lipinski definition) is 0. The zero-order chi connectivity index (χ0) is 20.4. The van der Waals surface area contributed by atoms with Crippen molar-refractivity contribution in [2.24, 2.45) is 0 Å². The van der Waals surface area contributed by atoms with Crippen LogP contribution in [0.3, 0.4) is 0 Å². The fraction of sp³-hybridized carbons (Fsp3) is 0.238. The van der Waals surface area contributed by atoms with Gasteiger partial charge in [-0.05, 0) is 29.8 Å². The summed E-state index contributed by atoms with van der Waals surface area (Å²) in [6.45, 7) is 2.65. The van der Waals surface area contributed by atoms with Crippen molar-refractivity contribution < 1.29 is 13.2 Å². The zero-order valence-corrected chi connectivity index (χ0v) is 17.6. The Morgan fingerprint density at radius 3 is 2.48 bits per heavy atom. The molecule has 0 aliphatic carbocycles. The van der Waals surface area contributed by atoms with Gasteiger partial charge < -0.3 is 9.80 Å². The van der Waals surface area contributed by atoms with E-state index >= 15 is 0 Å². The molecule has 2 aromatic carbocycles. The van der Waals surface area contributed by atoms with Crippen molar-refractivity contribution >= 4 is 48.5 Å². The van der Waals surface area contributed by atoms with Gasteiger partial charge in [0.2, 0.25) is 5.91 Å². The third-order valence-electron chi connectivity index (χ3n) is 4.86. The van der Waals surface area contributed by atoms with Crippen LogP contribution in [0.5, 0.6) is 0 Å². The summed E-state index contributed by atoms with van der Waals surface area (Å²) < 4.78 is 24.4. The van der Waals surface area contributed by atoms with Crippen LogP contribution in [0, 0.1) is 0 Å². The number of amides is 1. The van der Waals surface area contributed by atoms with Crippen LogP contribution in [0.25, 0.3) is 16.3 Å². The van der Waals surface area contributed by atoms with E-state index in [1.165, 1.54) is 17.6 Å². The maximum Gasteiger partial charge on any atom is 0.246 e. The van der Waals surface area contributed by atoms with Gasteiger partial charge in [-0.3, -0.25) is 4.79 Å². The average Bonchev–Trinajstić information content (AvgIpc) is 3.16. The summed E-state index contributed by atoms with van der Waals surface area (Å²) >= 11 is 1.48. The molecule has 1 amide bonds. The van der Waals surface area contributed by atoms with E-state index in [4.69, 9.17) is 0 Å². The van der Waals surface area contributed by atoms with Gasteiger partial charge in [0.25, 0.3) is 0 Å². The zero-order valence-electron chi connectivity index (χ0n) is 16.0. The lowest BCUT2D eigenvalue weighted by molar-refractivity contribution is -0.126. The molecule has 1 aliphatic heterocycles. The molecule has 0 unspecified atom stereocenters. The fourth-order valence-electron chi connectivity index (χ4n) is 3.21. The molecule has 0 radical (unpaired) electrons. The molecule has 0 saturated carbocycles. The first kappa shape index (κ1) is 19.6. The van der Waals surface area contributed by atoms with Gasteiger partial charge in [0.15, 0.2) is 15.0 Å². The molecule has 1 aliphatic rings. The van der Waals surface area contributed by atoms with E-state index < -0.39 is 9.84 Å². The third-order valence-corrected chi connectivity index (χ3v) is 7.05. The second kappa shape index (κ2) is 7.96. The first-order valence-electron chi connectivity index (χ1n) is 9.28. The van der Waals surface area contributed by atoms with E-state index in [0.29, 0.717) is 31.1 Å². The van der Waals surface area contributed by atoms with Crippen LogP contribution in [0.4, 0.5) is 5.13 Å². The van der Waals surface area contributed by atoms with Crippen LogP contribution < -0.4 is 4.90 Å². The topological polar surface area (TPSA) is 70.6 Å². The Morgan fingerprint density at radius 1 is 1.07 bits per heavy atom. The summed E-state index contributed by atoms with van der Waals surface area (Å²) in [5.41, 5.74) is 1.80. The van der Waals surface area contributed by atoms with Gasteiger partial charge in [-0.25, -0.2) is 13.4 Å². The summed E-state index contributed by atoms with van der Waals surface area (Å²) in [7, 11) is -3.24. The molecular weight excluding hydrogens is 406 g/mol. The Labute approximate surface area is 174 Å². The Kier molecular flexibility index (Phi) is 5.38. The Hall–Kier alpha value is -2.71. The molecule has 150 valence electrons. The predicted molar refractivity (Wildman–Crippen MR) is 117 cm³/mol. The van der Waals surface area contributed by atoms with E-state index in [2.05, 4.69) is 9.88 Å². The normalized spacial score (nSPS) is 15.3. The molecule has 0 atom stereocenters. The number of fused-ring (bicyclic) bond motifs is 1. The van der Waals surface area contributed by atoms with Crippen molar-refractivity contribution in [2.45, 2.75) is 4.90 Å². The van der Waals surface area contributed by atoms with Crippen molar-refractivity contribution in [3.8, 4) is 0 Å². The minimum absolute atomic E-state index is 0.00981. The van der Waals surface area contributed by atoms with Crippen LogP contribution >= 0.6 is 11.3 Å².